The quantitative estimate of drug-likeness (QED) is 0.848. The van der Waals surface area contributed by atoms with Crippen molar-refractivity contribution >= 4 is 35.1 Å². The monoisotopic (exact) mass is 303 g/mol. The zero-order valence-corrected chi connectivity index (χ0v) is 12.0. The van der Waals surface area contributed by atoms with E-state index in [0.717, 1.165) is 0 Å². The van der Waals surface area contributed by atoms with Crippen LogP contribution in [0.5, 0.6) is 0 Å². The van der Waals surface area contributed by atoms with Gasteiger partial charge in [0, 0.05) is 18.0 Å². The Balaban J connectivity index is 2.49. The van der Waals surface area contributed by atoms with E-state index in [1.54, 1.807) is 12.1 Å². The first-order valence-corrected chi connectivity index (χ1v) is 6.60. The van der Waals surface area contributed by atoms with Crippen molar-refractivity contribution in [2.45, 2.75) is 19.8 Å². The SMILES string of the molecule is CC(CCC(=O)O)CNC(=O)c1ccc(Cl)cc1Cl. The summed E-state index contributed by atoms with van der Waals surface area (Å²) in [6, 6.07) is 4.66. The van der Waals surface area contributed by atoms with Crippen LogP contribution in [-0.2, 0) is 4.79 Å². The van der Waals surface area contributed by atoms with Crippen molar-refractivity contribution in [2.24, 2.45) is 5.92 Å². The minimum atomic E-state index is -0.834. The second-order valence-electron chi connectivity index (χ2n) is 4.37. The highest BCUT2D eigenvalue weighted by Crippen LogP contribution is 2.20. The molecule has 0 aliphatic heterocycles. The van der Waals surface area contributed by atoms with E-state index >= 15 is 0 Å². The van der Waals surface area contributed by atoms with Gasteiger partial charge in [-0.25, -0.2) is 0 Å². The molecule has 0 aliphatic carbocycles. The first kappa shape index (κ1) is 15.8. The predicted molar refractivity (Wildman–Crippen MR) is 74.8 cm³/mol. The lowest BCUT2D eigenvalue weighted by Crippen LogP contribution is -2.28. The summed E-state index contributed by atoms with van der Waals surface area (Å²) in [6.45, 7) is 2.29. The first-order chi connectivity index (χ1) is 8.90. The summed E-state index contributed by atoms with van der Waals surface area (Å²) in [5.41, 5.74) is 0.358. The minimum Gasteiger partial charge on any atom is -0.481 e. The number of carboxylic acid groups (broad SMARTS) is 1. The Morgan fingerprint density at radius 1 is 1.37 bits per heavy atom. The normalized spacial score (nSPS) is 11.9. The molecule has 0 saturated heterocycles. The molecule has 19 heavy (non-hydrogen) atoms. The number of halogens is 2. The molecule has 6 heteroatoms. The number of aliphatic carboxylic acids is 1. The van der Waals surface area contributed by atoms with Crippen LogP contribution in [0.2, 0.25) is 10.0 Å². The van der Waals surface area contributed by atoms with Crippen LogP contribution in [0.1, 0.15) is 30.1 Å². The van der Waals surface area contributed by atoms with Gasteiger partial charge in [0.1, 0.15) is 0 Å². The van der Waals surface area contributed by atoms with Crippen LogP contribution >= 0.6 is 23.2 Å². The van der Waals surface area contributed by atoms with Gasteiger partial charge in [0.25, 0.3) is 5.91 Å². The van der Waals surface area contributed by atoms with Gasteiger partial charge in [-0.15, -0.1) is 0 Å². The van der Waals surface area contributed by atoms with Crippen molar-refractivity contribution in [3.05, 3.63) is 33.8 Å². The average Bonchev–Trinajstić information content (AvgIpc) is 2.33. The van der Waals surface area contributed by atoms with Crippen LogP contribution < -0.4 is 5.32 Å². The molecule has 0 aliphatic rings. The van der Waals surface area contributed by atoms with E-state index < -0.39 is 5.97 Å². The molecule has 0 saturated carbocycles. The van der Waals surface area contributed by atoms with Crippen LogP contribution in [0, 0.1) is 5.92 Å². The number of rotatable bonds is 6. The number of benzene rings is 1. The van der Waals surface area contributed by atoms with E-state index in [4.69, 9.17) is 28.3 Å². The van der Waals surface area contributed by atoms with Gasteiger partial charge in [-0.3, -0.25) is 9.59 Å². The highest BCUT2D eigenvalue weighted by molar-refractivity contribution is 6.36. The summed E-state index contributed by atoms with van der Waals surface area (Å²) < 4.78 is 0. The molecule has 4 nitrogen and oxygen atoms in total. The molecular weight excluding hydrogens is 289 g/mol. The zero-order valence-electron chi connectivity index (χ0n) is 10.5. The summed E-state index contributed by atoms with van der Waals surface area (Å²) in [6.07, 6.45) is 0.614. The van der Waals surface area contributed by atoms with Crippen molar-refractivity contribution in [1.29, 1.82) is 0 Å². The Bertz CT molecular complexity index is 477. The van der Waals surface area contributed by atoms with Crippen molar-refractivity contribution in [2.75, 3.05) is 6.54 Å². The predicted octanol–water partition coefficient (Wildman–Crippen LogP) is 3.22. The van der Waals surface area contributed by atoms with Gasteiger partial charge in [0.2, 0.25) is 0 Å². The number of carbonyl (C=O) groups excluding carboxylic acids is 1. The molecule has 1 unspecified atom stereocenters. The lowest BCUT2D eigenvalue weighted by Gasteiger charge is -2.12. The topological polar surface area (TPSA) is 66.4 Å². The van der Waals surface area contributed by atoms with E-state index in [1.165, 1.54) is 6.07 Å². The number of amides is 1. The van der Waals surface area contributed by atoms with Gasteiger partial charge in [-0.2, -0.15) is 0 Å². The maximum Gasteiger partial charge on any atom is 0.303 e. The number of carbonyl (C=O) groups is 2. The van der Waals surface area contributed by atoms with Gasteiger partial charge in [0.15, 0.2) is 0 Å². The summed E-state index contributed by atoms with van der Waals surface area (Å²) in [5.74, 6) is -1.03. The Kier molecular flexibility index (Phi) is 6.12. The third-order valence-corrected chi connectivity index (χ3v) is 3.19. The molecule has 1 amide bonds. The second kappa shape index (κ2) is 7.36. The molecule has 1 aromatic carbocycles. The Labute approximate surface area is 121 Å². The van der Waals surface area contributed by atoms with Crippen molar-refractivity contribution < 1.29 is 14.7 Å². The summed E-state index contributed by atoms with van der Waals surface area (Å²) >= 11 is 11.7. The van der Waals surface area contributed by atoms with Gasteiger partial charge >= 0.3 is 5.97 Å². The van der Waals surface area contributed by atoms with E-state index in [0.29, 0.717) is 28.6 Å². The van der Waals surface area contributed by atoms with Crippen LogP contribution in [-0.4, -0.2) is 23.5 Å². The number of carboxylic acids is 1. The maximum atomic E-state index is 11.9. The fourth-order valence-electron chi connectivity index (χ4n) is 1.51. The number of nitrogens with one attached hydrogen (secondary N) is 1. The minimum absolute atomic E-state index is 0.0890. The van der Waals surface area contributed by atoms with E-state index in [-0.39, 0.29) is 18.2 Å². The molecule has 2 N–H and O–H groups in total. The van der Waals surface area contributed by atoms with Gasteiger partial charge in [-0.05, 0) is 30.5 Å². The van der Waals surface area contributed by atoms with Crippen molar-refractivity contribution in [1.82, 2.24) is 5.32 Å². The van der Waals surface area contributed by atoms with Gasteiger partial charge in [-0.1, -0.05) is 30.1 Å². The molecule has 0 bridgehead atoms. The Morgan fingerprint density at radius 2 is 2.05 bits per heavy atom. The van der Waals surface area contributed by atoms with E-state index in [2.05, 4.69) is 5.32 Å². The number of hydrogen-bond acceptors (Lipinski definition) is 2. The van der Waals surface area contributed by atoms with Crippen molar-refractivity contribution in [3.8, 4) is 0 Å². The fraction of sp³-hybridized carbons (Fsp3) is 0.385. The second-order valence-corrected chi connectivity index (χ2v) is 5.22. The molecule has 104 valence electrons. The van der Waals surface area contributed by atoms with Crippen LogP contribution in [0.4, 0.5) is 0 Å². The summed E-state index contributed by atoms with van der Waals surface area (Å²) in [4.78, 5) is 22.3. The molecule has 1 aromatic rings. The van der Waals surface area contributed by atoms with Gasteiger partial charge in [0.05, 0.1) is 10.6 Å². The zero-order chi connectivity index (χ0) is 14.4. The third-order valence-electron chi connectivity index (χ3n) is 2.64. The average molecular weight is 304 g/mol. The number of hydrogen-bond donors (Lipinski definition) is 2. The Hall–Kier alpha value is -1.26. The fourth-order valence-corrected chi connectivity index (χ4v) is 2.00. The third kappa shape index (κ3) is 5.49. The molecule has 1 atom stereocenters. The van der Waals surface area contributed by atoms with Crippen LogP contribution in [0.3, 0.4) is 0 Å². The van der Waals surface area contributed by atoms with Gasteiger partial charge < -0.3 is 10.4 Å². The smallest absolute Gasteiger partial charge is 0.303 e. The Morgan fingerprint density at radius 3 is 2.63 bits per heavy atom. The molecule has 0 fully saturated rings. The standard InChI is InChI=1S/C13H15Cl2NO3/c1-8(2-5-12(17)18)7-16-13(19)10-4-3-9(14)6-11(10)15/h3-4,6,8H,2,5,7H2,1H3,(H,16,19)(H,17,18). The molecule has 0 heterocycles. The highest BCUT2D eigenvalue weighted by Gasteiger charge is 2.12. The maximum absolute atomic E-state index is 11.9. The molecule has 0 spiro atoms. The summed E-state index contributed by atoms with van der Waals surface area (Å²) in [5, 5.41) is 12.0. The van der Waals surface area contributed by atoms with Crippen LogP contribution in [0.15, 0.2) is 18.2 Å². The molecule has 1 rings (SSSR count). The highest BCUT2D eigenvalue weighted by atomic mass is 35.5. The molecule has 0 aromatic heterocycles. The van der Waals surface area contributed by atoms with Crippen LogP contribution in [0.25, 0.3) is 0 Å². The first-order valence-electron chi connectivity index (χ1n) is 5.85. The van der Waals surface area contributed by atoms with Crippen molar-refractivity contribution in [3.63, 3.8) is 0 Å². The molecule has 0 radical (unpaired) electrons. The molecular formula is C13H15Cl2NO3. The largest absolute Gasteiger partial charge is 0.481 e. The lowest BCUT2D eigenvalue weighted by atomic mass is 10.1. The van der Waals surface area contributed by atoms with E-state index in [1.807, 2.05) is 6.92 Å². The summed E-state index contributed by atoms with van der Waals surface area (Å²) in [7, 11) is 0. The van der Waals surface area contributed by atoms with E-state index in [9.17, 15) is 9.59 Å². The lowest BCUT2D eigenvalue weighted by molar-refractivity contribution is -0.137.